The Morgan fingerprint density at radius 3 is 1.78 bits per heavy atom. The van der Waals surface area contributed by atoms with E-state index in [4.69, 9.17) is 33.2 Å². The lowest BCUT2D eigenvalue weighted by Crippen LogP contribution is -2.57. The van der Waals surface area contributed by atoms with Crippen molar-refractivity contribution in [3.05, 3.63) is 54.1 Å². The van der Waals surface area contributed by atoms with E-state index in [9.17, 15) is 34.8 Å². The first-order valence-electron chi connectivity index (χ1n) is 17.4. The van der Waals surface area contributed by atoms with E-state index in [0.717, 1.165) is 11.1 Å². The lowest BCUT2D eigenvalue weighted by molar-refractivity contribution is -0.293. The van der Waals surface area contributed by atoms with Crippen LogP contribution in [0.1, 0.15) is 55.8 Å². The molecule has 1 fully saturated rings. The zero-order valence-corrected chi connectivity index (χ0v) is 29.2. The van der Waals surface area contributed by atoms with Crippen LogP contribution in [0.15, 0.2) is 48.5 Å². The number of ether oxygens (including phenoxy) is 7. The van der Waals surface area contributed by atoms with Gasteiger partial charge in [0.05, 0.1) is 57.9 Å². The molecular formula is C37H52O14. The summed E-state index contributed by atoms with van der Waals surface area (Å²) in [5.41, 5.74) is 1.85. The number of hydrogen-bond donors (Lipinski definition) is 4. The van der Waals surface area contributed by atoms with Crippen LogP contribution in [0.4, 0.5) is 0 Å². The zero-order chi connectivity index (χ0) is 36.8. The predicted molar refractivity (Wildman–Crippen MR) is 184 cm³/mol. The second-order valence-electron chi connectivity index (χ2n) is 12.1. The number of benzene rings is 2. The lowest BCUT2D eigenvalue weighted by Gasteiger charge is -2.38. The molecule has 14 heteroatoms. The van der Waals surface area contributed by atoms with Gasteiger partial charge >= 0.3 is 5.97 Å². The quantitative estimate of drug-likeness (QED) is 0.0984. The van der Waals surface area contributed by atoms with Crippen LogP contribution in [0.5, 0.6) is 5.75 Å². The largest absolute Gasteiger partial charge is 0.486 e. The summed E-state index contributed by atoms with van der Waals surface area (Å²) in [6.07, 6.45) is -2.92. The van der Waals surface area contributed by atoms with Gasteiger partial charge in [0.15, 0.2) is 12.1 Å². The van der Waals surface area contributed by atoms with Crippen LogP contribution in [0, 0.1) is 0 Å². The smallest absolute Gasteiger partial charge is 0.335 e. The van der Waals surface area contributed by atoms with Gasteiger partial charge in [-0.05, 0) is 61.6 Å². The first-order chi connectivity index (χ1) is 24.7. The van der Waals surface area contributed by atoms with Crippen molar-refractivity contribution in [2.24, 2.45) is 0 Å². The SMILES string of the molecule is C[C@@H]1OC(OCCCC(=O)CCCOCCOCCOCCOCCCC(=O)COc2ccc(-c3cccc(C(=O)O)c3)cc2)[C@@H](O)C(O)[C@H]1O. The highest BCUT2D eigenvalue weighted by Gasteiger charge is 2.42. The first kappa shape index (κ1) is 42.1. The van der Waals surface area contributed by atoms with Crippen molar-refractivity contribution in [2.75, 3.05) is 66.1 Å². The number of ketones is 2. The average Bonchev–Trinajstić information content (AvgIpc) is 3.13. The first-order valence-corrected chi connectivity index (χ1v) is 17.4. The molecule has 1 heterocycles. The summed E-state index contributed by atoms with van der Waals surface area (Å²) >= 11 is 0. The predicted octanol–water partition coefficient (Wildman–Crippen LogP) is 2.82. The summed E-state index contributed by atoms with van der Waals surface area (Å²) in [5.74, 6) is -0.376. The molecule has 0 radical (unpaired) electrons. The molecule has 5 atom stereocenters. The standard InChI is InChI=1S/C37H52O14/c1-26-33(40)34(41)35(42)37(51-26)49-17-5-9-30(38)8-3-15-45-18-20-47-22-23-48-21-19-46-16-4-10-31(39)25-50-32-13-11-27(12-14-32)28-6-2-7-29(24-28)36(43)44/h2,6-7,11-14,24,26,33-35,37,40-42H,3-5,8-10,15-23,25H2,1H3,(H,43,44)/t26-,33-,34?,35-,37?/m0/s1. The van der Waals surface area contributed by atoms with Crippen molar-refractivity contribution in [1.29, 1.82) is 0 Å². The Balaban J connectivity index is 1.05. The maximum absolute atomic E-state index is 12.2. The van der Waals surface area contributed by atoms with Gasteiger partial charge in [-0.25, -0.2) is 4.79 Å². The Kier molecular flexibility index (Phi) is 19.8. The molecule has 51 heavy (non-hydrogen) atoms. The summed E-state index contributed by atoms with van der Waals surface area (Å²) in [4.78, 5) is 35.4. The van der Waals surface area contributed by atoms with Crippen molar-refractivity contribution in [1.82, 2.24) is 0 Å². The number of carboxylic acid groups (broad SMARTS) is 1. The minimum absolute atomic E-state index is 0.0329. The highest BCUT2D eigenvalue weighted by molar-refractivity contribution is 5.89. The van der Waals surface area contributed by atoms with E-state index in [2.05, 4.69) is 0 Å². The zero-order valence-electron chi connectivity index (χ0n) is 29.2. The third-order valence-corrected chi connectivity index (χ3v) is 7.99. The number of aliphatic hydroxyl groups is 3. The summed E-state index contributed by atoms with van der Waals surface area (Å²) in [6.45, 7) is 5.09. The Bertz CT molecular complexity index is 1300. The fourth-order valence-corrected chi connectivity index (χ4v) is 5.06. The number of aromatic carboxylic acids is 1. The molecular weight excluding hydrogens is 668 g/mol. The van der Waals surface area contributed by atoms with E-state index in [1.54, 1.807) is 37.3 Å². The number of hydrogen-bond acceptors (Lipinski definition) is 13. The minimum atomic E-state index is -1.35. The van der Waals surface area contributed by atoms with Crippen molar-refractivity contribution < 1.29 is 68.0 Å². The molecule has 0 amide bonds. The van der Waals surface area contributed by atoms with Crippen LogP contribution in [0.2, 0.25) is 0 Å². The number of carbonyl (C=O) groups excluding carboxylic acids is 2. The molecule has 1 saturated heterocycles. The van der Waals surface area contributed by atoms with Crippen molar-refractivity contribution >= 4 is 17.5 Å². The molecule has 0 aliphatic carbocycles. The number of carbonyl (C=O) groups is 3. The number of Topliss-reactive ketones (excluding diaryl/α,β-unsaturated/α-hetero) is 2. The van der Waals surface area contributed by atoms with Crippen LogP contribution >= 0.6 is 0 Å². The van der Waals surface area contributed by atoms with Gasteiger partial charge in [-0.15, -0.1) is 0 Å². The van der Waals surface area contributed by atoms with Gasteiger partial charge in [0, 0.05) is 32.5 Å². The van der Waals surface area contributed by atoms with Gasteiger partial charge in [-0.3, -0.25) is 9.59 Å². The molecule has 2 aromatic rings. The second kappa shape index (κ2) is 24.0. The molecule has 1 aliphatic heterocycles. The van der Waals surface area contributed by atoms with E-state index in [1.807, 2.05) is 18.2 Å². The van der Waals surface area contributed by atoms with Crippen molar-refractivity contribution in [3.8, 4) is 16.9 Å². The molecule has 0 aromatic heterocycles. The fraction of sp³-hybridized carbons (Fsp3) is 0.595. The molecule has 4 N–H and O–H groups in total. The Labute approximate surface area is 298 Å². The monoisotopic (exact) mass is 720 g/mol. The molecule has 0 spiro atoms. The molecule has 0 saturated carbocycles. The van der Waals surface area contributed by atoms with Crippen LogP contribution in [-0.2, 0) is 38.0 Å². The second-order valence-corrected chi connectivity index (χ2v) is 12.1. The number of rotatable bonds is 27. The molecule has 0 bridgehead atoms. The molecule has 284 valence electrons. The summed E-state index contributed by atoms with van der Waals surface area (Å²) < 4.78 is 38.3. The van der Waals surface area contributed by atoms with Crippen molar-refractivity contribution in [2.45, 2.75) is 76.2 Å². The van der Waals surface area contributed by atoms with Crippen LogP contribution in [0.25, 0.3) is 11.1 Å². The lowest BCUT2D eigenvalue weighted by atomic mass is 10.00. The maximum atomic E-state index is 12.2. The van der Waals surface area contributed by atoms with E-state index in [-0.39, 0.29) is 30.3 Å². The molecule has 2 unspecified atom stereocenters. The normalized spacial score (nSPS) is 20.3. The summed E-state index contributed by atoms with van der Waals surface area (Å²) in [7, 11) is 0. The topological polar surface area (TPSA) is 197 Å². The van der Waals surface area contributed by atoms with Gasteiger partial charge in [0.25, 0.3) is 0 Å². The van der Waals surface area contributed by atoms with Gasteiger partial charge in [-0.1, -0.05) is 24.3 Å². The minimum Gasteiger partial charge on any atom is -0.486 e. The third-order valence-electron chi connectivity index (χ3n) is 7.99. The number of aliphatic hydroxyl groups excluding tert-OH is 3. The van der Waals surface area contributed by atoms with E-state index >= 15 is 0 Å². The van der Waals surface area contributed by atoms with Crippen molar-refractivity contribution in [3.63, 3.8) is 0 Å². The summed E-state index contributed by atoms with van der Waals surface area (Å²) in [6, 6.07) is 13.8. The van der Waals surface area contributed by atoms with Crippen LogP contribution in [0.3, 0.4) is 0 Å². The third kappa shape index (κ3) is 16.3. The number of carboxylic acids is 1. The fourth-order valence-electron chi connectivity index (χ4n) is 5.06. The average molecular weight is 721 g/mol. The van der Waals surface area contributed by atoms with Gasteiger partial charge in [-0.2, -0.15) is 0 Å². The molecule has 3 rings (SSSR count). The molecule has 2 aromatic carbocycles. The Hall–Kier alpha value is -3.31. The Morgan fingerprint density at radius 2 is 1.20 bits per heavy atom. The van der Waals surface area contributed by atoms with E-state index in [0.29, 0.717) is 97.1 Å². The maximum Gasteiger partial charge on any atom is 0.335 e. The summed E-state index contributed by atoms with van der Waals surface area (Å²) in [5, 5.41) is 38.6. The van der Waals surface area contributed by atoms with Gasteiger partial charge in [0.1, 0.15) is 36.5 Å². The highest BCUT2D eigenvalue weighted by Crippen LogP contribution is 2.24. The molecule has 14 nitrogen and oxygen atoms in total. The van der Waals surface area contributed by atoms with Crippen LogP contribution in [-0.4, -0.2) is 135 Å². The van der Waals surface area contributed by atoms with E-state index in [1.165, 1.54) is 0 Å². The van der Waals surface area contributed by atoms with E-state index < -0.39 is 36.7 Å². The highest BCUT2D eigenvalue weighted by atomic mass is 16.7. The Morgan fingerprint density at radius 1 is 0.647 bits per heavy atom. The van der Waals surface area contributed by atoms with Gasteiger partial charge < -0.3 is 53.6 Å². The van der Waals surface area contributed by atoms with Gasteiger partial charge in [0.2, 0.25) is 0 Å². The molecule has 1 aliphatic rings. The van der Waals surface area contributed by atoms with Crippen LogP contribution < -0.4 is 4.74 Å².